The summed E-state index contributed by atoms with van der Waals surface area (Å²) in [6.07, 6.45) is 0. The molecule has 0 amide bonds. The summed E-state index contributed by atoms with van der Waals surface area (Å²) in [4.78, 5) is 2.44. The molecule has 0 N–H and O–H groups in total. The van der Waals surface area contributed by atoms with Gasteiger partial charge in [-0.05, 0) is 139 Å². The number of anilines is 3. The fraction of sp³-hybridized carbons (Fsp3) is 0.0149. The Labute approximate surface area is 402 Å². The van der Waals surface area contributed by atoms with Crippen molar-refractivity contribution in [3.8, 4) is 61.3 Å². The number of aromatic nitrogens is 1. The minimum absolute atomic E-state index is 0.440. The Bertz CT molecular complexity index is 3870. The van der Waals surface area contributed by atoms with Crippen LogP contribution in [0.4, 0.5) is 17.1 Å². The number of fused-ring (bicyclic) bond motifs is 13. The lowest BCUT2D eigenvalue weighted by Gasteiger charge is -2.32. The van der Waals surface area contributed by atoms with Crippen LogP contribution in [0.5, 0.6) is 0 Å². The summed E-state index contributed by atoms with van der Waals surface area (Å²) in [5, 5.41) is 2.52. The van der Waals surface area contributed by atoms with Gasteiger partial charge in [-0.15, -0.1) is 0 Å². The molecule has 1 spiro atoms. The molecule has 0 fully saturated rings. The Hall–Kier alpha value is -8.98. The van der Waals surface area contributed by atoms with Crippen LogP contribution in [0.2, 0.25) is 0 Å². The maximum Gasteiger partial charge on any atom is 0.0726 e. The maximum absolute atomic E-state index is 2.48. The number of hydrogen-bond acceptors (Lipinski definition) is 1. The van der Waals surface area contributed by atoms with Gasteiger partial charge in [-0.1, -0.05) is 206 Å². The molecule has 2 nitrogen and oxygen atoms in total. The second kappa shape index (κ2) is 15.6. The van der Waals surface area contributed by atoms with Crippen LogP contribution in [0.1, 0.15) is 22.3 Å². The van der Waals surface area contributed by atoms with E-state index in [1.165, 1.54) is 94.1 Å². The van der Waals surface area contributed by atoms with Crippen LogP contribution in [-0.4, -0.2) is 4.57 Å². The average molecular weight is 877 g/mol. The van der Waals surface area contributed by atoms with Crippen molar-refractivity contribution >= 4 is 38.9 Å². The zero-order valence-corrected chi connectivity index (χ0v) is 37.8. The molecule has 11 aromatic carbocycles. The lowest BCUT2D eigenvalue weighted by Crippen LogP contribution is -2.26. The van der Waals surface area contributed by atoms with Gasteiger partial charge in [0.05, 0.1) is 16.4 Å². The molecule has 0 bridgehead atoms. The summed E-state index contributed by atoms with van der Waals surface area (Å²) >= 11 is 0. The number of benzene rings is 11. The lowest BCUT2D eigenvalue weighted by atomic mass is 9.70. The fourth-order valence-electron chi connectivity index (χ4n) is 11.8. The Morgan fingerprint density at radius 1 is 0.261 bits per heavy atom. The van der Waals surface area contributed by atoms with E-state index in [1.807, 2.05) is 0 Å². The molecule has 69 heavy (non-hydrogen) atoms. The van der Waals surface area contributed by atoms with Gasteiger partial charge in [-0.25, -0.2) is 0 Å². The topological polar surface area (TPSA) is 8.17 Å². The molecule has 0 saturated heterocycles. The molecule has 0 unspecified atom stereocenters. The van der Waals surface area contributed by atoms with E-state index in [-0.39, 0.29) is 0 Å². The minimum Gasteiger partial charge on any atom is -0.310 e. The van der Waals surface area contributed by atoms with Crippen LogP contribution in [0, 0.1) is 0 Å². The van der Waals surface area contributed by atoms with Gasteiger partial charge in [0.25, 0.3) is 0 Å². The van der Waals surface area contributed by atoms with Crippen molar-refractivity contribution < 1.29 is 0 Å². The van der Waals surface area contributed by atoms with Gasteiger partial charge < -0.3 is 9.47 Å². The van der Waals surface area contributed by atoms with Gasteiger partial charge in [0.15, 0.2) is 0 Å². The maximum atomic E-state index is 2.48. The first kappa shape index (κ1) is 39.2. The third kappa shape index (κ3) is 5.99. The van der Waals surface area contributed by atoms with E-state index < -0.39 is 5.41 Å². The molecular formula is C67H44N2. The third-order valence-corrected chi connectivity index (χ3v) is 14.8. The van der Waals surface area contributed by atoms with E-state index in [0.29, 0.717) is 0 Å². The Morgan fingerprint density at radius 2 is 0.710 bits per heavy atom. The van der Waals surface area contributed by atoms with Crippen molar-refractivity contribution in [2.75, 3.05) is 4.90 Å². The van der Waals surface area contributed by atoms with Gasteiger partial charge >= 0.3 is 0 Å². The SMILES string of the molecule is c1ccc(-c2ccc(N(c3cccc(-c4ccc(-c5ccc6c7ccccc7n(-c7ccccc7)c6c5)cc4)c3)c3ccc4c(c3)C3(c5ccccc5-c5ccccc53)c3ccccc3-4)cc2)cc1. The van der Waals surface area contributed by atoms with E-state index in [1.54, 1.807) is 0 Å². The number of hydrogen-bond donors (Lipinski definition) is 0. The summed E-state index contributed by atoms with van der Waals surface area (Å²) in [7, 11) is 0. The summed E-state index contributed by atoms with van der Waals surface area (Å²) in [5.74, 6) is 0. The molecular weight excluding hydrogens is 833 g/mol. The summed E-state index contributed by atoms with van der Waals surface area (Å²) < 4.78 is 2.39. The number of nitrogens with zero attached hydrogens (tertiary/aromatic N) is 2. The zero-order valence-electron chi connectivity index (χ0n) is 37.8. The predicted molar refractivity (Wildman–Crippen MR) is 288 cm³/mol. The van der Waals surface area contributed by atoms with Crippen LogP contribution in [0.3, 0.4) is 0 Å². The molecule has 0 atom stereocenters. The molecule has 1 heterocycles. The molecule has 0 aliphatic heterocycles. The zero-order chi connectivity index (χ0) is 45.5. The van der Waals surface area contributed by atoms with Crippen molar-refractivity contribution in [2.45, 2.75) is 5.41 Å². The third-order valence-electron chi connectivity index (χ3n) is 14.8. The van der Waals surface area contributed by atoms with E-state index in [2.05, 4.69) is 276 Å². The van der Waals surface area contributed by atoms with Gasteiger partial charge in [-0.2, -0.15) is 0 Å². The minimum atomic E-state index is -0.440. The Morgan fingerprint density at radius 3 is 1.38 bits per heavy atom. The van der Waals surface area contributed by atoms with Crippen LogP contribution in [0.25, 0.3) is 83.1 Å². The van der Waals surface area contributed by atoms with E-state index in [9.17, 15) is 0 Å². The van der Waals surface area contributed by atoms with E-state index in [4.69, 9.17) is 0 Å². The van der Waals surface area contributed by atoms with Crippen LogP contribution in [-0.2, 0) is 5.41 Å². The van der Waals surface area contributed by atoms with Crippen molar-refractivity contribution in [1.29, 1.82) is 0 Å². The molecule has 2 aliphatic rings. The highest BCUT2D eigenvalue weighted by Crippen LogP contribution is 2.63. The first-order valence-electron chi connectivity index (χ1n) is 23.9. The highest BCUT2D eigenvalue weighted by atomic mass is 15.1. The summed E-state index contributed by atoms with van der Waals surface area (Å²) in [6.45, 7) is 0. The smallest absolute Gasteiger partial charge is 0.0726 e. The highest BCUT2D eigenvalue weighted by Gasteiger charge is 2.51. The normalized spacial score (nSPS) is 12.8. The second-order valence-electron chi connectivity index (χ2n) is 18.4. The van der Waals surface area contributed by atoms with Crippen LogP contribution >= 0.6 is 0 Å². The van der Waals surface area contributed by atoms with Crippen molar-refractivity contribution in [1.82, 2.24) is 4.57 Å². The fourth-order valence-corrected chi connectivity index (χ4v) is 11.8. The van der Waals surface area contributed by atoms with Crippen LogP contribution in [0.15, 0.2) is 267 Å². The monoisotopic (exact) mass is 876 g/mol. The summed E-state index contributed by atoms with van der Waals surface area (Å²) in [5.41, 5.74) is 24.1. The van der Waals surface area contributed by atoms with Gasteiger partial charge in [0.2, 0.25) is 0 Å². The quantitative estimate of drug-likeness (QED) is 0.155. The van der Waals surface area contributed by atoms with Crippen LogP contribution < -0.4 is 4.90 Å². The first-order chi connectivity index (χ1) is 34.2. The molecule has 0 saturated carbocycles. The predicted octanol–water partition coefficient (Wildman–Crippen LogP) is 17.6. The number of rotatable bonds is 7. The molecule has 1 aromatic heterocycles. The van der Waals surface area contributed by atoms with Crippen molar-refractivity contribution in [3.05, 3.63) is 289 Å². The molecule has 14 rings (SSSR count). The Balaban J connectivity index is 0.890. The van der Waals surface area contributed by atoms with Gasteiger partial charge in [0.1, 0.15) is 0 Å². The standard InChI is InChI=1S/C67H44N2/c1-3-16-45(17-4-1)46-34-37-52(38-35-46)68(54-39-41-58-57-24-9-13-28-63(57)67(64(58)44-54)61-26-11-7-22-55(61)56-23-8-12-27-62(56)67)53-21-15-18-49(42-53)47-30-32-48(33-31-47)50-36-40-60-59-25-10-14-29-65(59)69(66(60)43-50)51-19-5-2-6-20-51/h1-44H. The Kier molecular flexibility index (Phi) is 8.84. The molecule has 2 aliphatic carbocycles. The molecule has 2 heteroatoms. The molecule has 12 aromatic rings. The van der Waals surface area contributed by atoms with E-state index >= 15 is 0 Å². The van der Waals surface area contributed by atoms with E-state index in [0.717, 1.165) is 28.3 Å². The van der Waals surface area contributed by atoms with Crippen molar-refractivity contribution in [3.63, 3.8) is 0 Å². The molecule has 322 valence electrons. The summed E-state index contributed by atoms with van der Waals surface area (Å²) in [6, 6.07) is 98.5. The van der Waals surface area contributed by atoms with Gasteiger partial charge in [0, 0.05) is 33.5 Å². The largest absolute Gasteiger partial charge is 0.310 e. The van der Waals surface area contributed by atoms with Gasteiger partial charge in [-0.3, -0.25) is 0 Å². The average Bonchev–Trinajstić information content (AvgIpc) is 4.03. The number of para-hydroxylation sites is 2. The highest BCUT2D eigenvalue weighted by molar-refractivity contribution is 6.10. The lowest BCUT2D eigenvalue weighted by molar-refractivity contribution is 0.793. The molecule has 0 radical (unpaired) electrons. The first-order valence-corrected chi connectivity index (χ1v) is 23.9. The van der Waals surface area contributed by atoms with Crippen molar-refractivity contribution in [2.24, 2.45) is 0 Å². The second-order valence-corrected chi connectivity index (χ2v) is 18.4.